The molecular formula is C33H34N2O7. The van der Waals surface area contributed by atoms with E-state index in [0.717, 1.165) is 58.5 Å². The molecule has 0 fully saturated rings. The van der Waals surface area contributed by atoms with Gasteiger partial charge in [-0.05, 0) is 78.1 Å². The molecule has 0 amide bonds. The van der Waals surface area contributed by atoms with Gasteiger partial charge in [-0.1, -0.05) is 12.1 Å². The Hall–Kier alpha value is -4.21. The van der Waals surface area contributed by atoms with Gasteiger partial charge in [-0.15, -0.1) is 0 Å². The Balaban J connectivity index is 1.41. The lowest BCUT2D eigenvalue weighted by Gasteiger charge is -2.41. The molecule has 7 rings (SSSR count). The number of aromatic hydroxyl groups is 2. The second kappa shape index (κ2) is 10.6. The summed E-state index contributed by atoms with van der Waals surface area (Å²) >= 11 is 0. The Labute approximate surface area is 243 Å². The van der Waals surface area contributed by atoms with Gasteiger partial charge >= 0.3 is 0 Å². The van der Waals surface area contributed by atoms with Crippen molar-refractivity contribution >= 4 is 0 Å². The minimum absolute atomic E-state index is 0.0206. The van der Waals surface area contributed by atoms with E-state index in [4.69, 9.17) is 14.2 Å². The molecule has 9 nitrogen and oxygen atoms in total. The molecule has 0 spiro atoms. The number of phenols is 2. The van der Waals surface area contributed by atoms with Crippen LogP contribution in [0.5, 0.6) is 28.7 Å². The number of ether oxygens (including phenoxy) is 3. The Morgan fingerprint density at radius 1 is 1.05 bits per heavy atom. The number of aliphatic hydroxyl groups is 2. The number of aromatic nitrogens is 2. The molecule has 1 aromatic heterocycles. The molecule has 3 heterocycles. The average molecular weight is 571 g/mol. The topological polar surface area (TPSA) is 126 Å². The molecule has 218 valence electrons. The summed E-state index contributed by atoms with van der Waals surface area (Å²) in [5.74, 6) is 2.07. The number of phenolic OH excluding ortho intramolecular Hbond substituents is 2. The summed E-state index contributed by atoms with van der Waals surface area (Å²) in [5, 5.41) is 42.2. The van der Waals surface area contributed by atoms with Crippen molar-refractivity contribution in [1.29, 1.82) is 0 Å². The summed E-state index contributed by atoms with van der Waals surface area (Å²) in [4.78, 5) is 4.20. The van der Waals surface area contributed by atoms with Gasteiger partial charge in [0.25, 0.3) is 0 Å². The van der Waals surface area contributed by atoms with Crippen LogP contribution in [0.1, 0.15) is 52.7 Å². The van der Waals surface area contributed by atoms with Crippen molar-refractivity contribution < 1.29 is 34.6 Å². The summed E-state index contributed by atoms with van der Waals surface area (Å²) in [6, 6.07) is 10.5. The Kier molecular flexibility index (Phi) is 6.71. The van der Waals surface area contributed by atoms with Crippen LogP contribution in [0.2, 0.25) is 0 Å². The van der Waals surface area contributed by atoms with Crippen molar-refractivity contribution in [3.63, 3.8) is 0 Å². The third-order valence-electron chi connectivity index (χ3n) is 8.92. The zero-order valence-electron chi connectivity index (χ0n) is 23.4. The highest BCUT2D eigenvalue weighted by molar-refractivity contribution is 5.85. The Morgan fingerprint density at radius 3 is 2.71 bits per heavy atom. The van der Waals surface area contributed by atoms with Crippen molar-refractivity contribution in [3.8, 4) is 39.9 Å². The summed E-state index contributed by atoms with van der Waals surface area (Å²) in [5.41, 5.74) is 6.74. The fourth-order valence-corrected chi connectivity index (χ4v) is 6.92. The Bertz CT molecular complexity index is 1630. The van der Waals surface area contributed by atoms with Crippen LogP contribution < -0.4 is 14.2 Å². The zero-order chi connectivity index (χ0) is 29.0. The molecule has 0 bridgehead atoms. The molecular weight excluding hydrogens is 536 g/mol. The number of aliphatic hydroxyl groups excluding tert-OH is 2. The maximum Gasteiger partial charge on any atom is 0.160 e. The van der Waals surface area contributed by atoms with E-state index in [1.54, 1.807) is 30.5 Å². The van der Waals surface area contributed by atoms with E-state index in [-0.39, 0.29) is 30.1 Å². The van der Waals surface area contributed by atoms with Crippen LogP contribution in [-0.4, -0.2) is 55.9 Å². The molecule has 9 heteroatoms. The van der Waals surface area contributed by atoms with Crippen molar-refractivity contribution in [2.24, 2.45) is 0 Å². The maximum atomic E-state index is 11.5. The first-order valence-electron chi connectivity index (χ1n) is 14.4. The van der Waals surface area contributed by atoms with Crippen LogP contribution in [0.15, 0.2) is 55.1 Å². The summed E-state index contributed by atoms with van der Waals surface area (Å²) in [6.45, 7) is 0.664. The summed E-state index contributed by atoms with van der Waals surface area (Å²) in [7, 11) is 1.49. The second-order valence-corrected chi connectivity index (χ2v) is 11.4. The normalized spacial score (nSPS) is 22.2. The summed E-state index contributed by atoms with van der Waals surface area (Å²) < 4.78 is 20.6. The highest BCUT2D eigenvalue weighted by Crippen LogP contribution is 2.56. The quantitative estimate of drug-likeness (QED) is 0.268. The van der Waals surface area contributed by atoms with Crippen LogP contribution in [-0.2, 0) is 25.8 Å². The smallest absolute Gasteiger partial charge is 0.160 e. The number of hydrogen-bond donors (Lipinski definition) is 4. The van der Waals surface area contributed by atoms with Crippen molar-refractivity contribution in [1.82, 2.24) is 9.55 Å². The number of methoxy groups -OCH3 is 1. The number of fused-ring (bicyclic) bond motifs is 8. The first kappa shape index (κ1) is 26.7. The minimum atomic E-state index is -0.834. The van der Waals surface area contributed by atoms with Crippen LogP contribution in [0.25, 0.3) is 11.1 Å². The molecule has 0 radical (unpaired) electrons. The van der Waals surface area contributed by atoms with E-state index in [9.17, 15) is 20.4 Å². The lowest BCUT2D eigenvalue weighted by molar-refractivity contribution is 0.0179. The molecule has 3 aromatic carbocycles. The predicted octanol–water partition coefficient (Wildman–Crippen LogP) is 4.42. The molecule has 4 atom stereocenters. The van der Waals surface area contributed by atoms with Gasteiger partial charge in [0, 0.05) is 42.0 Å². The lowest BCUT2D eigenvalue weighted by Crippen LogP contribution is -2.35. The third kappa shape index (κ3) is 4.44. The van der Waals surface area contributed by atoms with Crippen LogP contribution >= 0.6 is 0 Å². The maximum absolute atomic E-state index is 11.5. The number of aryl methyl sites for hydroxylation is 1. The molecule has 42 heavy (non-hydrogen) atoms. The van der Waals surface area contributed by atoms with Gasteiger partial charge in [0.2, 0.25) is 0 Å². The number of imidazole rings is 1. The van der Waals surface area contributed by atoms with Gasteiger partial charge in [-0.2, -0.15) is 0 Å². The van der Waals surface area contributed by atoms with Gasteiger partial charge in [-0.25, -0.2) is 4.98 Å². The van der Waals surface area contributed by atoms with Gasteiger partial charge in [0.05, 0.1) is 26.1 Å². The Morgan fingerprint density at radius 2 is 1.93 bits per heavy atom. The van der Waals surface area contributed by atoms with Crippen LogP contribution in [0.3, 0.4) is 0 Å². The van der Waals surface area contributed by atoms with Gasteiger partial charge in [0.15, 0.2) is 11.5 Å². The molecule has 0 saturated carbocycles. The number of hydrogen-bond acceptors (Lipinski definition) is 8. The number of nitrogens with zero attached hydrogens (tertiary/aromatic N) is 2. The van der Waals surface area contributed by atoms with Crippen molar-refractivity contribution in [3.05, 3.63) is 82.9 Å². The highest BCUT2D eigenvalue weighted by Gasteiger charge is 2.42. The third-order valence-corrected chi connectivity index (χ3v) is 8.92. The molecule has 4 aromatic rings. The molecule has 1 aliphatic carbocycles. The highest BCUT2D eigenvalue weighted by atomic mass is 16.5. The van der Waals surface area contributed by atoms with E-state index in [1.807, 2.05) is 24.7 Å². The number of benzene rings is 3. The van der Waals surface area contributed by atoms with E-state index in [1.165, 1.54) is 7.11 Å². The van der Waals surface area contributed by atoms with Crippen molar-refractivity contribution in [2.45, 2.75) is 62.9 Å². The van der Waals surface area contributed by atoms with Gasteiger partial charge < -0.3 is 39.2 Å². The molecule has 4 unspecified atom stereocenters. The van der Waals surface area contributed by atoms with Crippen molar-refractivity contribution in [2.75, 3.05) is 13.7 Å². The van der Waals surface area contributed by atoms with E-state index in [0.29, 0.717) is 36.3 Å². The number of rotatable bonds is 6. The predicted molar refractivity (Wildman–Crippen MR) is 154 cm³/mol. The standard InChI is InChI=1S/C33H34N2O7/c1-40-28-14-19(2-7-26(28)38)31-27(39)15-25-29-18(8-10-35-11-9-34-17-35)12-20-13-21(37)3-5-23(20)30(29)33-24(32(25)42-31)6-4-22(16-36)41-33/h2-3,5,7,9,11,13-14,17-18,22,27,31,36-39H,4,6,8,10,12,15-16H2,1H3. The molecule has 4 N–H and O–H groups in total. The van der Waals surface area contributed by atoms with Gasteiger partial charge in [0.1, 0.15) is 29.5 Å². The monoisotopic (exact) mass is 570 g/mol. The minimum Gasteiger partial charge on any atom is -0.508 e. The first-order chi connectivity index (χ1) is 20.4. The van der Waals surface area contributed by atoms with Gasteiger partial charge in [-0.3, -0.25) is 0 Å². The first-order valence-corrected chi connectivity index (χ1v) is 14.4. The summed E-state index contributed by atoms with van der Waals surface area (Å²) in [6.07, 6.45) is 6.91. The fraction of sp³-hybridized carbons (Fsp3) is 0.364. The SMILES string of the molecule is COc1cc(C2Oc3c4c(c5c(c3CC2O)C(CCn2ccnc2)Cc2cc(O)ccc2-5)OC(CO)CC4)ccc1O. The van der Waals surface area contributed by atoms with E-state index < -0.39 is 12.2 Å². The average Bonchev–Trinajstić information content (AvgIpc) is 3.53. The second-order valence-electron chi connectivity index (χ2n) is 11.4. The molecule has 3 aliphatic rings. The van der Waals surface area contributed by atoms with Crippen LogP contribution in [0, 0.1) is 0 Å². The zero-order valence-corrected chi connectivity index (χ0v) is 23.4. The van der Waals surface area contributed by atoms with E-state index >= 15 is 0 Å². The molecule has 2 aliphatic heterocycles. The van der Waals surface area contributed by atoms with Crippen LogP contribution in [0.4, 0.5) is 0 Å². The van der Waals surface area contributed by atoms with E-state index in [2.05, 4.69) is 9.55 Å². The lowest BCUT2D eigenvalue weighted by atomic mass is 9.71. The molecule has 0 saturated heterocycles. The largest absolute Gasteiger partial charge is 0.508 e. The fourth-order valence-electron chi connectivity index (χ4n) is 6.92.